The number of hydrogen-bond donors (Lipinski definition) is 1. The zero-order chi connectivity index (χ0) is 14.1. The van der Waals surface area contributed by atoms with Crippen LogP contribution < -0.4 is 5.32 Å². The van der Waals surface area contributed by atoms with Gasteiger partial charge in [-0.25, -0.2) is 0 Å². The molecule has 1 aliphatic rings. The largest absolute Gasteiger partial charge is 0.314 e. The van der Waals surface area contributed by atoms with Gasteiger partial charge < -0.3 is 9.88 Å². The van der Waals surface area contributed by atoms with Gasteiger partial charge in [-0.15, -0.1) is 10.2 Å². The zero-order valence-corrected chi connectivity index (χ0v) is 13.4. The number of aryl methyl sites for hydroxylation is 1. The molecule has 1 aromatic carbocycles. The number of fused-ring (bicyclic) bond motifs is 1. The Morgan fingerprint density at radius 2 is 2.00 bits per heavy atom. The summed E-state index contributed by atoms with van der Waals surface area (Å²) in [6.07, 6.45) is 2.24. The lowest BCUT2D eigenvalue weighted by molar-refractivity contribution is 0.459. The van der Waals surface area contributed by atoms with Crippen molar-refractivity contribution < 1.29 is 0 Å². The van der Waals surface area contributed by atoms with Crippen molar-refractivity contribution in [1.29, 1.82) is 0 Å². The van der Waals surface area contributed by atoms with Crippen molar-refractivity contribution >= 4 is 15.9 Å². The van der Waals surface area contributed by atoms with Crippen molar-refractivity contribution in [2.24, 2.45) is 0 Å². The Bertz CT molecular complexity index is 608. The molecule has 2 aromatic rings. The van der Waals surface area contributed by atoms with Gasteiger partial charge >= 0.3 is 0 Å². The smallest absolute Gasteiger partial charge is 0.149 e. The summed E-state index contributed by atoms with van der Waals surface area (Å²) >= 11 is 3.61. The molecule has 0 aliphatic carbocycles. The Balaban J connectivity index is 1.76. The van der Waals surface area contributed by atoms with Crippen molar-refractivity contribution in [2.45, 2.75) is 45.3 Å². The topological polar surface area (TPSA) is 42.7 Å². The normalized spacial score (nSPS) is 16.9. The first-order valence-corrected chi connectivity index (χ1v) is 7.88. The third kappa shape index (κ3) is 2.52. The molecule has 4 nitrogen and oxygen atoms in total. The van der Waals surface area contributed by atoms with Crippen molar-refractivity contribution in [3.05, 3.63) is 46.0 Å². The molecule has 3 rings (SSSR count). The Morgan fingerprint density at radius 1 is 1.20 bits per heavy atom. The van der Waals surface area contributed by atoms with Crippen LogP contribution in [0.2, 0.25) is 0 Å². The third-order valence-electron chi connectivity index (χ3n) is 3.90. The molecule has 0 radical (unpaired) electrons. The molecule has 2 heterocycles. The fraction of sp³-hybridized carbons (Fsp3) is 0.467. The van der Waals surface area contributed by atoms with Crippen LogP contribution in [0.15, 0.2) is 28.7 Å². The zero-order valence-electron chi connectivity index (χ0n) is 11.8. The summed E-state index contributed by atoms with van der Waals surface area (Å²) in [4.78, 5) is 0. The van der Waals surface area contributed by atoms with Gasteiger partial charge in [0.25, 0.3) is 0 Å². The van der Waals surface area contributed by atoms with Gasteiger partial charge in [-0.3, -0.25) is 0 Å². The maximum absolute atomic E-state index is 4.35. The van der Waals surface area contributed by atoms with Gasteiger partial charge in [0.2, 0.25) is 0 Å². The highest BCUT2D eigenvalue weighted by molar-refractivity contribution is 9.10. The van der Waals surface area contributed by atoms with Crippen LogP contribution in [0, 0.1) is 0 Å². The molecule has 0 saturated carbocycles. The van der Waals surface area contributed by atoms with E-state index in [1.807, 2.05) is 6.07 Å². The molecule has 5 heteroatoms. The number of hydrogen-bond acceptors (Lipinski definition) is 3. The predicted molar refractivity (Wildman–Crippen MR) is 82.5 cm³/mol. The van der Waals surface area contributed by atoms with Gasteiger partial charge in [0, 0.05) is 23.5 Å². The molecule has 0 saturated heterocycles. The van der Waals surface area contributed by atoms with Crippen LogP contribution in [0.5, 0.6) is 0 Å². The van der Waals surface area contributed by atoms with E-state index < -0.39 is 0 Å². The minimum atomic E-state index is 0.191. The highest BCUT2D eigenvalue weighted by atomic mass is 79.9. The van der Waals surface area contributed by atoms with E-state index in [1.165, 1.54) is 12.0 Å². The van der Waals surface area contributed by atoms with E-state index in [0.717, 1.165) is 29.1 Å². The van der Waals surface area contributed by atoms with Crippen LogP contribution in [0.1, 0.15) is 49.6 Å². The van der Waals surface area contributed by atoms with E-state index in [1.54, 1.807) is 0 Å². The summed E-state index contributed by atoms with van der Waals surface area (Å²) in [6, 6.07) is 8.77. The number of rotatable bonds is 4. The molecule has 0 spiro atoms. The van der Waals surface area contributed by atoms with Gasteiger partial charge in [-0.05, 0) is 31.9 Å². The first kappa shape index (κ1) is 13.8. The van der Waals surface area contributed by atoms with Crippen LogP contribution in [0.3, 0.4) is 0 Å². The average molecular weight is 335 g/mol. The summed E-state index contributed by atoms with van der Waals surface area (Å²) in [5.74, 6) is 2.18. The van der Waals surface area contributed by atoms with Crippen molar-refractivity contribution in [3.63, 3.8) is 0 Å². The summed E-state index contributed by atoms with van der Waals surface area (Å²) in [5.41, 5.74) is 1.26. The number of nitrogens with zero attached hydrogens (tertiary/aromatic N) is 3. The summed E-state index contributed by atoms with van der Waals surface area (Å²) in [5, 5.41) is 12.2. The monoisotopic (exact) mass is 334 g/mol. The second-order valence-electron chi connectivity index (χ2n) is 5.36. The Labute approximate surface area is 127 Å². The molecular weight excluding hydrogens is 316 g/mol. The van der Waals surface area contributed by atoms with Crippen LogP contribution in [0.25, 0.3) is 0 Å². The number of aromatic nitrogens is 3. The number of nitrogens with one attached hydrogen (secondary N) is 1. The van der Waals surface area contributed by atoms with Gasteiger partial charge in [-0.1, -0.05) is 34.1 Å². The highest BCUT2D eigenvalue weighted by Gasteiger charge is 2.22. The molecule has 106 valence electrons. The van der Waals surface area contributed by atoms with Gasteiger partial charge in [-0.2, -0.15) is 0 Å². The van der Waals surface area contributed by atoms with Crippen molar-refractivity contribution in [2.75, 3.05) is 0 Å². The molecule has 1 N–H and O–H groups in total. The standard InChI is InChI=1S/C15H19BrN4/c1-10(12-6-3-4-7-13(12)16)17-11(2)15-19-18-14-8-5-9-20(14)15/h3-4,6-7,10-11,17H,5,8-9H2,1-2H3. The maximum atomic E-state index is 4.35. The average Bonchev–Trinajstić information content (AvgIpc) is 3.00. The van der Waals surface area contributed by atoms with Gasteiger partial charge in [0.15, 0.2) is 0 Å². The first-order chi connectivity index (χ1) is 9.66. The van der Waals surface area contributed by atoms with Gasteiger partial charge in [0.1, 0.15) is 11.6 Å². The fourth-order valence-corrected chi connectivity index (χ4v) is 3.49. The molecule has 0 amide bonds. The summed E-state index contributed by atoms with van der Waals surface area (Å²) in [6.45, 7) is 5.38. The molecule has 1 aliphatic heterocycles. The molecule has 0 fully saturated rings. The molecule has 0 bridgehead atoms. The first-order valence-electron chi connectivity index (χ1n) is 7.09. The Morgan fingerprint density at radius 3 is 2.80 bits per heavy atom. The second-order valence-corrected chi connectivity index (χ2v) is 6.22. The lowest BCUT2D eigenvalue weighted by atomic mass is 10.1. The molecular formula is C15H19BrN4. The maximum Gasteiger partial charge on any atom is 0.149 e. The second kappa shape index (κ2) is 5.66. The van der Waals surface area contributed by atoms with E-state index in [2.05, 4.69) is 68.1 Å². The van der Waals surface area contributed by atoms with Gasteiger partial charge in [0.05, 0.1) is 6.04 Å². The Hall–Kier alpha value is -1.20. The number of halogens is 1. The van der Waals surface area contributed by atoms with E-state index in [9.17, 15) is 0 Å². The summed E-state index contributed by atoms with van der Waals surface area (Å²) < 4.78 is 3.39. The molecule has 2 unspecified atom stereocenters. The predicted octanol–water partition coefficient (Wildman–Crippen LogP) is 3.40. The van der Waals surface area contributed by atoms with E-state index in [0.29, 0.717) is 0 Å². The van der Waals surface area contributed by atoms with Crippen LogP contribution in [-0.2, 0) is 13.0 Å². The minimum Gasteiger partial charge on any atom is -0.314 e. The van der Waals surface area contributed by atoms with Crippen molar-refractivity contribution in [1.82, 2.24) is 20.1 Å². The molecule has 2 atom stereocenters. The number of benzene rings is 1. The Kier molecular flexibility index (Phi) is 3.89. The lowest BCUT2D eigenvalue weighted by Gasteiger charge is -2.21. The van der Waals surface area contributed by atoms with E-state index >= 15 is 0 Å². The van der Waals surface area contributed by atoms with E-state index in [4.69, 9.17) is 0 Å². The summed E-state index contributed by atoms with van der Waals surface area (Å²) in [7, 11) is 0. The van der Waals surface area contributed by atoms with Crippen LogP contribution >= 0.6 is 15.9 Å². The quantitative estimate of drug-likeness (QED) is 0.931. The fourth-order valence-electron chi connectivity index (χ4n) is 2.86. The highest BCUT2D eigenvalue weighted by Crippen LogP contribution is 2.26. The third-order valence-corrected chi connectivity index (χ3v) is 4.62. The van der Waals surface area contributed by atoms with Crippen LogP contribution in [0.4, 0.5) is 0 Å². The van der Waals surface area contributed by atoms with E-state index in [-0.39, 0.29) is 12.1 Å². The minimum absolute atomic E-state index is 0.191. The molecule has 20 heavy (non-hydrogen) atoms. The molecule has 1 aromatic heterocycles. The lowest BCUT2D eigenvalue weighted by Crippen LogP contribution is -2.25. The van der Waals surface area contributed by atoms with Crippen LogP contribution in [-0.4, -0.2) is 14.8 Å². The SMILES string of the molecule is CC(NC(C)c1nnc2n1CCC2)c1ccccc1Br. The van der Waals surface area contributed by atoms with Crippen molar-refractivity contribution in [3.8, 4) is 0 Å².